The van der Waals surface area contributed by atoms with E-state index >= 15 is 0 Å². The first-order chi connectivity index (χ1) is 13.6. The Bertz CT molecular complexity index is 718. The van der Waals surface area contributed by atoms with Gasteiger partial charge in [0.25, 0.3) is 0 Å². The minimum Gasteiger partial charge on any atom is -0.507 e. The second-order valence-electron chi connectivity index (χ2n) is 7.49. The molecule has 2 rings (SSSR count). The highest BCUT2D eigenvalue weighted by atomic mass is 16.5. The predicted octanol–water partition coefficient (Wildman–Crippen LogP) is 6.64. The monoisotopic (exact) mass is 382 g/mol. The first-order valence-electron chi connectivity index (χ1n) is 10.7. The highest BCUT2D eigenvalue weighted by molar-refractivity contribution is 5.92. The summed E-state index contributed by atoms with van der Waals surface area (Å²) in [6.45, 7) is 6.42. The summed E-state index contributed by atoms with van der Waals surface area (Å²) in [6.07, 6.45) is 8.97. The van der Waals surface area contributed by atoms with Crippen LogP contribution < -0.4 is 4.74 Å². The molecule has 0 unspecified atom stereocenters. The van der Waals surface area contributed by atoms with Crippen molar-refractivity contribution in [3.05, 3.63) is 58.7 Å². The average molecular weight is 383 g/mol. The lowest BCUT2D eigenvalue weighted by atomic mass is 9.97. The topological polar surface area (TPSA) is 46.5 Å². The molecular formula is C25H34O3. The van der Waals surface area contributed by atoms with Crippen LogP contribution in [0.1, 0.15) is 86.3 Å². The molecule has 3 heteroatoms. The molecule has 0 radical (unpaired) electrons. The number of phenolic OH excluding ortho intramolecular Hbond substituents is 1. The molecule has 2 aromatic carbocycles. The van der Waals surface area contributed by atoms with E-state index in [2.05, 4.69) is 20.8 Å². The van der Waals surface area contributed by atoms with Gasteiger partial charge in [0.05, 0.1) is 5.56 Å². The van der Waals surface area contributed by atoms with Crippen LogP contribution in [0.5, 0.6) is 11.5 Å². The molecule has 0 bridgehead atoms. The number of carbonyl (C=O) groups is 1. The summed E-state index contributed by atoms with van der Waals surface area (Å²) in [5, 5.41) is 10.6. The quantitative estimate of drug-likeness (QED) is 0.350. The number of phenols is 1. The van der Waals surface area contributed by atoms with Crippen LogP contribution in [0.2, 0.25) is 0 Å². The summed E-state index contributed by atoms with van der Waals surface area (Å²) in [7, 11) is 0. The molecule has 152 valence electrons. The van der Waals surface area contributed by atoms with Gasteiger partial charge in [-0.15, -0.1) is 0 Å². The van der Waals surface area contributed by atoms with Crippen molar-refractivity contribution >= 4 is 5.97 Å². The normalized spacial score (nSPS) is 10.8. The molecule has 0 heterocycles. The summed E-state index contributed by atoms with van der Waals surface area (Å²) >= 11 is 0. The number of aromatic hydroxyl groups is 1. The van der Waals surface area contributed by atoms with Gasteiger partial charge in [-0.1, -0.05) is 52.2 Å². The second-order valence-corrected chi connectivity index (χ2v) is 7.49. The number of benzene rings is 2. The highest BCUT2D eigenvalue weighted by Gasteiger charge is 2.16. The van der Waals surface area contributed by atoms with Gasteiger partial charge in [-0.3, -0.25) is 0 Å². The standard InChI is InChI=1S/C25H34O3/c1-4-7-10-19-13-15-23(16-14-19)28-25(27)22-17-20(11-8-5-2)24(26)21(18-22)12-9-6-3/h13-18,26H,4-12H2,1-3H3. The number of ether oxygens (including phenoxy) is 1. The molecular weight excluding hydrogens is 348 g/mol. The van der Waals surface area contributed by atoms with Crippen molar-refractivity contribution in [2.24, 2.45) is 0 Å². The number of hydrogen-bond donors (Lipinski definition) is 1. The number of esters is 1. The van der Waals surface area contributed by atoms with Crippen LogP contribution in [0.25, 0.3) is 0 Å². The zero-order valence-corrected chi connectivity index (χ0v) is 17.6. The van der Waals surface area contributed by atoms with Gasteiger partial charge in [0.1, 0.15) is 11.5 Å². The number of rotatable bonds is 11. The molecule has 0 aliphatic carbocycles. The molecule has 0 aliphatic heterocycles. The molecule has 3 nitrogen and oxygen atoms in total. The molecule has 0 fully saturated rings. The van der Waals surface area contributed by atoms with Crippen LogP contribution in [0.15, 0.2) is 36.4 Å². The maximum Gasteiger partial charge on any atom is 0.343 e. The summed E-state index contributed by atoms with van der Waals surface area (Å²) in [6, 6.07) is 11.3. The van der Waals surface area contributed by atoms with E-state index in [1.807, 2.05) is 24.3 Å². The van der Waals surface area contributed by atoms with E-state index in [0.29, 0.717) is 17.1 Å². The van der Waals surface area contributed by atoms with Gasteiger partial charge in [-0.05, 0) is 79.5 Å². The summed E-state index contributed by atoms with van der Waals surface area (Å²) < 4.78 is 5.60. The Balaban J connectivity index is 2.18. The zero-order chi connectivity index (χ0) is 20.4. The molecule has 1 N–H and O–H groups in total. The van der Waals surface area contributed by atoms with Gasteiger partial charge < -0.3 is 9.84 Å². The Morgan fingerprint density at radius 1 is 0.821 bits per heavy atom. The Morgan fingerprint density at radius 2 is 1.32 bits per heavy atom. The van der Waals surface area contributed by atoms with E-state index in [0.717, 1.165) is 68.9 Å². The van der Waals surface area contributed by atoms with E-state index in [1.54, 1.807) is 12.1 Å². The highest BCUT2D eigenvalue weighted by Crippen LogP contribution is 2.28. The van der Waals surface area contributed by atoms with E-state index in [1.165, 1.54) is 5.56 Å². The van der Waals surface area contributed by atoms with Gasteiger partial charge in [0, 0.05) is 0 Å². The Morgan fingerprint density at radius 3 is 1.82 bits per heavy atom. The van der Waals surface area contributed by atoms with Gasteiger partial charge in [0.15, 0.2) is 0 Å². The molecule has 0 saturated carbocycles. The van der Waals surface area contributed by atoms with Gasteiger partial charge >= 0.3 is 5.97 Å². The lowest BCUT2D eigenvalue weighted by Crippen LogP contribution is -2.10. The fourth-order valence-corrected chi connectivity index (χ4v) is 3.26. The number of aryl methyl sites for hydroxylation is 3. The van der Waals surface area contributed by atoms with Crippen molar-refractivity contribution in [1.82, 2.24) is 0 Å². The lowest BCUT2D eigenvalue weighted by molar-refractivity contribution is 0.0734. The fraction of sp³-hybridized carbons (Fsp3) is 0.480. The van der Waals surface area contributed by atoms with E-state index in [4.69, 9.17) is 4.74 Å². The third-order valence-electron chi connectivity index (χ3n) is 5.06. The maximum absolute atomic E-state index is 12.7. The fourth-order valence-electron chi connectivity index (χ4n) is 3.26. The summed E-state index contributed by atoms with van der Waals surface area (Å²) in [4.78, 5) is 12.7. The second kappa shape index (κ2) is 11.5. The van der Waals surface area contributed by atoms with Crippen LogP contribution in [0, 0.1) is 0 Å². The summed E-state index contributed by atoms with van der Waals surface area (Å²) in [5.74, 6) is 0.541. The third kappa shape index (κ3) is 6.40. The number of carbonyl (C=O) groups excluding carboxylic acids is 1. The van der Waals surface area contributed by atoms with Crippen LogP contribution in [-0.4, -0.2) is 11.1 Å². The van der Waals surface area contributed by atoms with Crippen molar-refractivity contribution in [2.75, 3.05) is 0 Å². The smallest absolute Gasteiger partial charge is 0.343 e. The molecule has 0 amide bonds. The zero-order valence-electron chi connectivity index (χ0n) is 17.6. The van der Waals surface area contributed by atoms with E-state index < -0.39 is 0 Å². The molecule has 0 aliphatic rings. The number of hydrogen-bond acceptors (Lipinski definition) is 3. The molecule has 0 saturated heterocycles. The maximum atomic E-state index is 12.7. The van der Waals surface area contributed by atoms with Gasteiger partial charge in [-0.2, -0.15) is 0 Å². The van der Waals surface area contributed by atoms with E-state index in [-0.39, 0.29) is 5.97 Å². The van der Waals surface area contributed by atoms with Crippen LogP contribution in [0.3, 0.4) is 0 Å². The first kappa shape index (κ1) is 22.0. The molecule has 0 spiro atoms. The predicted molar refractivity (Wildman–Crippen MR) is 115 cm³/mol. The SMILES string of the molecule is CCCCc1ccc(OC(=O)c2cc(CCCC)c(O)c(CCCC)c2)cc1. The Hall–Kier alpha value is -2.29. The van der Waals surface area contributed by atoms with Crippen molar-refractivity contribution in [1.29, 1.82) is 0 Å². The Kier molecular flexibility index (Phi) is 9.06. The van der Waals surface area contributed by atoms with Crippen molar-refractivity contribution in [3.63, 3.8) is 0 Å². The third-order valence-corrected chi connectivity index (χ3v) is 5.06. The van der Waals surface area contributed by atoms with Crippen molar-refractivity contribution < 1.29 is 14.6 Å². The molecule has 2 aromatic rings. The summed E-state index contributed by atoms with van der Waals surface area (Å²) in [5.41, 5.74) is 3.47. The van der Waals surface area contributed by atoms with Gasteiger partial charge in [0.2, 0.25) is 0 Å². The van der Waals surface area contributed by atoms with Crippen LogP contribution in [0.4, 0.5) is 0 Å². The van der Waals surface area contributed by atoms with Crippen molar-refractivity contribution in [2.45, 2.75) is 78.6 Å². The lowest BCUT2D eigenvalue weighted by Gasteiger charge is -2.13. The molecule has 0 atom stereocenters. The largest absolute Gasteiger partial charge is 0.507 e. The Labute approximate surface area is 169 Å². The van der Waals surface area contributed by atoms with Gasteiger partial charge in [-0.25, -0.2) is 4.79 Å². The molecule has 28 heavy (non-hydrogen) atoms. The minimum absolute atomic E-state index is 0.346. The minimum atomic E-state index is -0.364. The van der Waals surface area contributed by atoms with Crippen LogP contribution in [-0.2, 0) is 19.3 Å². The van der Waals surface area contributed by atoms with Crippen molar-refractivity contribution in [3.8, 4) is 11.5 Å². The molecule has 0 aromatic heterocycles. The average Bonchev–Trinajstić information content (AvgIpc) is 2.71. The van der Waals surface area contributed by atoms with E-state index in [9.17, 15) is 9.90 Å². The van der Waals surface area contributed by atoms with Crippen LogP contribution >= 0.6 is 0 Å². The first-order valence-corrected chi connectivity index (χ1v) is 10.7. The number of unbranched alkanes of at least 4 members (excludes halogenated alkanes) is 3.